The van der Waals surface area contributed by atoms with Crippen LogP contribution < -0.4 is 0 Å². The van der Waals surface area contributed by atoms with Crippen LogP contribution in [0, 0.1) is 0 Å². The van der Waals surface area contributed by atoms with Crippen LogP contribution in [0.3, 0.4) is 0 Å². The number of nitrogens with zero attached hydrogens (tertiary/aromatic N) is 1. The van der Waals surface area contributed by atoms with Crippen LogP contribution in [0.1, 0.15) is 42.9 Å². The molecule has 1 saturated heterocycles. The van der Waals surface area contributed by atoms with Crippen molar-refractivity contribution in [2.45, 2.75) is 57.4 Å². The number of amides is 1. The van der Waals surface area contributed by atoms with Crippen molar-refractivity contribution in [2.24, 2.45) is 0 Å². The molecule has 0 aliphatic carbocycles. The van der Waals surface area contributed by atoms with Crippen LogP contribution in [-0.2, 0) is 29.1 Å². The minimum atomic E-state index is -0.389. The molecular weight excluding hydrogens is 382 g/mol. The van der Waals surface area contributed by atoms with Crippen LogP contribution >= 0.6 is 0 Å². The second kappa shape index (κ2) is 9.93. The van der Waals surface area contributed by atoms with Gasteiger partial charge in [0.2, 0.25) is 0 Å². The number of hydrogen-bond donors (Lipinski definition) is 0. The zero-order chi connectivity index (χ0) is 21.5. The van der Waals surface area contributed by atoms with E-state index in [1.165, 1.54) is 5.56 Å². The number of benzene rings is 3. The fraction of sp³-hybridized carbons (Fsp3) is 0.321. The summed E-state index contributed by atoms with van der Waals surface area (Å²) >= 11 is 0. The van der Waals surface area contributed by atoms with E-state index in [4.69, 9.17) is 4.74 Å². The van der Waals surface area contributed by atoms with E-state index in [2.05, 4.69) is 60.4 Å². The van der Waals surface area contributed by atoms with Crippen molar-refractivity contribution in [1.29, 1.82) is 0 Å². The summed E-state index contributed by atoms with van der Waals surface area (Å²) < 4.78 is 6.31. The maximum atomic E-state index is 13.3. The van der Waals surface area contributed by atoms with Crippen molar-refractivity contribution in [3.8, 4) is 0 Å². The molecule has 31 heavy (non-hydrogen) atoms. The average Bonchev–Trinajstić information content (AvgIpc) is 2.83. The molecule has 0 spiro atoms. The highest BCUT2D eigenvalue weighted by Gasteiger charge is 2.59. The van der Waals surface area contributed by atoms with Gasteiger partial charge in [-0.3, -0.25) is 4.79 Å². The number of carbonyl (C=O) groups is 1. The molecule has 4 rings (SSSR count). The lowest BCUT2D eigenvalue weighted by molar-refractivity contribution is -0.202. The summed E-state index contributed by atoms with van der Waals surface area (Å²) in [6.45, 7) is 3.30. The minimum absolute atomic E-state index is 0.112. The number of ether oxygens (including phenoxy) is 1. The zero-order valence-electron chi connectivity index (χ0n) is 18.2. The van der Waals surface area contributed by atoms with Gasteiger partial charge in [-0.25, -0.2) is 0 Å². The summed E-state index contributed by atoms with van der Waals surface area (Å²) in [5, 5.41) is 0. The van der Waals surface area contributed by atoms with Gasteiger partial charge in [-0.15, -0.1) is 0 Å². The number of β-lactam (4-membered cyclic amide) rings is 1. The molecule has 0 saturated carbocycles. The third kappa shape index (κ3) is 4.72. The molecule has 0 bridgehead atoms. The Morgan fingerprint density at radius 3 is 1.90 bits per heavy atom. The molecule has 1 aliphatic rings. The Hall–Kier alpha value is -2.91. The predicted molar refractivity (Wildman–Crippen MR) is 124 cm³/mol. The monoisotopic (exact) mass is 413 g/mol. The van der Waals surface area contributed by atoms with Crippen molar-refractivity contribution in [1.82, 2.24) is 4.90 Å². The molecule has 3 aromatic rings. The Balaban J connectivity index is 1.57. The van der Waals surface area contributed by atoms with Crippen LogP contribution in [0.2, 0.25) is 0 Å². The lowest BCUT2D eigenvalue weighted by Crippen LogP contribution is -2.74. The molecular formula is C28H31NO2. The topological polar surface area (TPSA) is 29.5 Å². The molecule has 3 nitrogen and oxygen atoms in total. The summed E-state index contributed by atoms with van der Waals surface area (Å²) in [7, 11) is 0. The maximum Gasteiger partial charge on any atom is 0.255 e. The van der Waals surface area contributed by atoms with Gasteiger partial charge in [-0.2, -0.15) is 0 Å². The summed E-state index contributed by atoms with van der Waals surface area (Å²) in [5.41, 5.74) is 3.30. The molecule has 2 atom stereocenters. The molecule has 3 aromatic carbocycles. The normalized spacial score (nSPS) is 20.5. The zero-order valence-corrected chi connectivity index (χ0v) is 18.2. The van der Waals surface area contributed by atoms with E-state index in [1.54, 1.807) is 0 Å². The Kier molecular flexibility index (Phi) is 6.83. The van der Waals surface area contributed by atoms with Crippen LogP contribution in [0.15, 0.2) is 91.0 Å². The third-order valence-electron chi connectivity index (χ3n) is 6.33. The number of likely N-dealkylation sites (tertiary alicyclic amines) is 1. The van der Waals surface area contributed by atoms with Gasteiger partial charge >= 0.3 is 0 Å². The highest BCUT2D eigenvalue weighted by Crippen LogP contribution is 2.43. The van der Waals surface area contributed by atoms with Crippen molar-refractivity contribution >= 4 is 5.91 Å². The Labute approximate surface area is 185 Å². The molecule has 2 unspecified atom stereocenters. The molecule has 1 amide bonds. The van der Waals surface area contributed by atoms with Crippen molar-refractivity contribution in [3.63, 3.8) is 0 Å². The number of rotatable bonds is 10. The molecule has 0 radical (unpaired) electrons. The second-order valence-electron chi connectivity index (χ2n) is 8.43. The maximum absolute atomic E-state index is 13.3. The van der Waals surface area contributed by atoms with E-state index in [9.17, 15) is 4.79 Å². The molecule has 1 fully saturated rings. The summed E-state index contributed by atoms with van der Waals surface area (Å²) in [4.78, 5) is 15.4. The Morgan fingerprint density at radius 2 is 1.32 bits per heavy atom. The van der Waals surface area contributed by atoms with E-state index in [1.807, 2.05) is 42.5 Å². The van der Waals surface area contributed by atoms with E-state index in [0.717, 1.165) is 36.8 Å². The lowest BCUT2D eigenvalue weighted by atomic mass is 9.72. The molecule has 160 valence electrons. The number of hydrogen-bond acceptors (Lipinski definition) is 2. The van der Waals surface area contributed by atoms with E-state index < -0.39 is 0 Å². The fourth-order valence-corrected chi connectivity index (χ4v) is 4.74. The first-order chi connectivity index (χ1) is 15.2. The first kappa shape index (κ1) is 21.3. The summed E-state index contributed by atoms with van der Waals surface area (Å²) in [6.07, 6.45) is 3.41. The Morgan fingerprint density at radius 1 is 0.774 bits per heavy atom. The lowest BCUT2D eigenvalue weighted by Gasteiger charge is -2.57. The quantitative estimate of drug-likeness (QED) is 0.394. The van der Waals surface area contributed by atoms with E-state index in [-0.39, 0.29) is 17.6 Å². The molecule has 3 heteroatoms. The summed E-state index contributed by atoms with van der Waals surface area (Å²) in [5.74, 6) is 0.112. The van der Waals surface area contributed by atoms with E-state index >= 15 is 0 Å². The van der Waals surface area contributed by atoms with Gasteiger partial charge in [0.25, 0.3) is 5.91 Å². The van der Waals surface area contributed by atoms with Gasteiger partial charge in [0.15, 0.2) is 6.10 Å². The first-order valence-corrected chi connectivity index (χ1v) is 11.3. The van der Waals surface area contributed by atoms with Gasteiger partial charge in [-0.05, 0) is 36.0 Å². The van der Waals surface area contributed by atoms with Gasteiger partial charge < -0.3 is 9.64 Å². The number of carbonyl (C=O) groups excluding carboxylic acids is 1. The average molecular weight is 414 g/mol. The molecule has 0 N–H and O–H groups in total. The van der Waals surface area contributed by atoms with E-state index in [0.29, 0.717) is 13.2 Å². The molecule has 1 heterocycles. The summed E-state index contributed by atoms with van der Waals surface area (Å²) in [6, 6.07) is 31.0. The Bertz CT molecular complexity index is 958. The van der Waals surface area contributed by atoms with Gasteiger partial charge in [0.05, 0.1) is 12.1 Å². The van der Waals surface area contributed by atoms with Gasteiger partial charge in [-0.1, -0.05) is 104 Å². The SMILES string of the molecule is CCCC1(CCc2ccccc2)C(OCc2ccccc2)C(=O)N1Cc1ccccc1. The van der Waals surface area contributed by atoms with Crippen LogP contribution in [0.5, 0.6) is 0 Å². The smallest absolute Gasteiger partial charge is 0.255 e. The standard InChI is InChI=1S/C28H31NO2/c1-2-19-28(20-18-23-12-6-3-7-13-23)26(31-22-25-16-10-5-11-17-25)27(30)29(28)21-24-14-8-4-9-15-24/h3-17,26H,2,18-22H2,1H3. The van der Waals surface area contributed by atoms with Crippen LogP contribution in [-0.4, -0.2) is 22.4 Å². The molecule has 1 aliphatic heterocycles. The highest BCUT2D eigenvalue weighted by molar-refractivity contribution is 5.90. The van der Waals surface area contributed by atoms with Crippen molar-refractivity contribution in [2.75, 3.05) is 0 Å². The van der Waals surface area contributed by atoms with Crippen molar-refractivity contribution < 1.29 is 9.53 Å². The van der Waals surface area contributed by atoms with Gasteiger partial charge in [0.1, 0.15) is 0 Å². The second-order valence-corrected chi connectivity index (χ2v) is 8.43. The van der Waals surface area contributed by atoms with Crippen LogP contribution in [0.4, 0.5) is 0 Å². The fourth-order valence-electron chi connectivity index (χ4n) is 4.74. The van der Waals surface area contributed by atoms with Gasteiger partial charge in [0, 0.05) is 6.54 Å². The largest absolute Gasteiger partial charge is 0.361 e. The molecule has 0 aromatic heterocycles. The third-order valence-corrected chi connectivity index (χ3v) is 6.33. The minimum Gasteiger partial charge on any atom is -0.361 e. The van der Waals surface area contributed by atoms with Crippen molar-refractivity contribution in [3.05, 3.63) is 108 Å². The predicted octanol–water partition coefficient (Wildman–Crippen LogP) is 5.79. The number of aryl methyl sites for hydroxylation is 1. The van der Waals surface area contributed by atoms with Crippen LogP contribution in [0.25, 0.3) is 0 Å². The first-order valence-electron chi connectivity index (χ1n) is 11.3. The highest BCUT2D eigenvalue weighted by atomic mass is 16.5.